The van der Waals surface area contributed by atoms with E-state index in [9.17, 15) is 33.9 Å². The molecule has 0 aliphatic carbocycles. The molecule has 0 spiro atoms. The van der Waals surface area contributed by atoms with Crippen molar-refractivity contribution < 1.29 is 44.1 Å². The Morgan fingerprint density at radius 3 is 1.87 bits per heavy atom. The van der Waals surface area contributed by atoms with Crippen molar-refractivity contribution in [1.82, 2.24) is 16.0 Å². The number of carbonyl (C=O) groups is 6. The van der Waals surface area contributed by atoms with Gasteiger partial charge in [-0.2, -0.15) is 0 Å². The van der Waals surface area contributed by atoms with Crippen molar-refractivity contribution in [3.63, 3.8) is 0 Å². The molecule has 0 aromatic heterocycles. The molecule has 0 aromatic rings. The van der Waals surface area contributed by atoms with Crippen LogP contribution >= 0.6 is 0 Å². The van der Waals surface area contributed by atoms with Crippen LogP contribution in [0.1, 0.15) is 39.5 Å². The summed E-state index contributed by atoms with van der Waals surface area (Å²) < 4.78 is 0. The standard InChI is InChI=1S/C17H29N5O9/c1-7(20-15(28)9(18)3-6-12(25)26)14(27)21-10(4-5-11(19)24)16(29)22-13(8(2)23)17(30)31/h7-10,13,23H,3-6,18H2,1-2H3,(H2,19,24)(H,20,28)(H,21,27)(H,22,29)(H,25,26)(H,30,31). The third-order valence-corrected chi connectivity index (χ3v) is 4.12. The highest BCUT2D eigenvalue weighted by Gasteiger charge is 2.31. The zero-order valence-electron chi connectivity index (χ0n) is 17.2. The van der Waals surface area contributed by atoms with Gasteiger partial charge >= 0.3 is 11.9 Å². The van der Waals surface area contributed by atoms with E-state index in [1.807, 2.05) is 0 Å². The summed E-state index contributed by atoms with van der Waals surface area (Å²) in [5, 5.41) is 33.7. The van der Waals surface area contributed by atoms with Crippen LogP contribution in [-0.2, 0) is 28.8 Å². The first-order chi connectivity index (χ1) is 14.3. The van der Waals surface area contributed by atoms with Crippen LogP contribution in [0.2, 0.25) is 0 Å². The number of nitrogens with one attached hydrogen (secondary N) is 3. The average molecular weight is 447 g/mol. The predicted octanol–water partition coefficient (Wildman–Crippen LogP) is -3.62. The molecule has 5 atom stereocenters. The lowest BCUT2D eigenvalue weighted by atomic mass is 10.1. The Morgan fingerprint density at radius 2 is 1.42 bits per heavy atom. The lowest BCUT2D eigenvalue weighted by molar-refractivity contribution is -0.145. The van der Waals surface area contributed by atoms with Gasteiger partial charge in [0.15, 0.2) is 6.04 Å². The molecule has 0 bridgehead atoms. The SMILES string of the molecule is CC(NC(=O)C(N)CCC(=O)O)C(=O)NC(CCC(N)=O)C(=O)NC(C(=O)O)C(C)O. The van der Waals surface area contributed by atoms with E-state index in [-0.39, 0.29) is 25.7 Å². The number of carbonyl (C=O) groups excluding carboxylic acids is 4. The van der Waals surface area contributed by atoms with E-state index >= 15 is 0 Å². The molecular formula is C17H29N5O9. The highest BCUT2D eigenvalue weighted by molar-refractivity contribution is 5.94. The average Bonchev–Trinajstić information content (AvgIpc) is 2.65. The van der Waals surface area contributed by atoms with Crippen molar-refractivity contribution in [3.05, 3.63) is 0 Å². The van der Waals surface area contributed by atoms with E-state index in [4.69, 9.17) is 21.7 Å². The molecule has 14 heteroatoms. The number of nitrogens with two attached hydrogens (primary N) is 2. The van der Waals surface area contributed by atoms with Crippen LogP contribution in [0, 0.1) is 0 Å². The second-order valence-corrected chi connectivity index (χ2v) is 6.90. The molecule has 0 rings (SSSR count). The van der Waals surface area contributed by atoms with Crippen LogP contribution in [0.25, 0.3) is 0 Å². The normalized spacial score (nSPS) is 15.5. The Morgan fingerprint density at radius 1 is 0.839 bits per heavy atom. The van der Waals surface area contributed by atoms with Gasteiger partial charge in [0.05, 0.1) is 12.1 Å². The molecule has 0 fully saturated rings. The summed E-state index contributed by atoms with van der Waals surface area (Å²) in [6, 6.07) is -5.42. The van der Waals surface area contributed by atoms with E-state index in [2.05, 4.69) is 16.0 Å². The van der Waals surface area contributed by atoms with Gasteiger partial charge in [-0.15, -0.1) is 0 Å². The van der Waals surface area contributed by atoms with Crippen LogP contribution < -0.4 is 27.4 Å². The van der Waals surface area contributed by atoms with Crippen molar-refractivity contribution in [2.45, 2.75) is 69.8 Å². The highest BCUT2D eigenvalue weighted by atomic mass is 16.4. The largest absolute Gasteiger partial charge is 0.481 e. The number of aliphatic carboxylic acids is 2. The van der Waals surface area contributed by atoms with Crippen LogP contribution in [0.4, 0.5) is 0 Å². The minimum absolute atomic E-state index is 0.158. The number of aliphatic hydroxyl groups excluding tert-OH is 1. The number of carboxylic acids is 2. The highest BCUT2D eigenvalue weighted by Crippen LogP contribution is 2.02. The Balaban J connectivity index is 5.12. The molecule has 176 valence electrons. The second-order valence-electron chi connectivity index (χ2n) is 6.90. The number of primary amides is 1. The fourth-order valence-corrected chi connectivity index (χ4v) is 2.29. The first kappa shape index (κ1) is 27.7. The zero-order chi connectivity index (χ0) is 24.3. The summed E-state index contributed by atoms with van der Waals surface area (Å²) >= 11 is 0. The van der Waals surface area contributed by atoms with Crippen molar-refractivity contribution in [1.29, 1.82) is 0 Å². The Bertz CT molecular complexity index is 697. The van der Waals surface area contributed by atoms with Crippen molar-refractivity contribution >= 4 is 35.6 Å². The quantitative estimate of drug-likeness (QED) is 0.130. The molecule has 0 aliphatic heterocycles. The molecule has 0 saturated carbocycles. The topological polar surface area (TPSA) is 251 Å². The molecule has 0 saturated heterocycles. The second kappa shape index (κ2) is 13.1. The lowest BCUT2D eigenvalue weighted by Crippen LogP contribution is -2.57. The molecular weight excluding hydrogens is 418 g/mol. The maximum atomic E-state index is 12.4. The molecule has 0 aliphatic rings. The number of hydrogen-bond acceptors (Lipinski definition) is 8. The van der Waals surface area contributed by atoms with Gasteiger partial charge in [0.1, 0.15) is 12.1 Å². The van der Waals surface area contributed by atoms with E-state index in [1.54, 1.807) is 0 Å². The van der Waals surface area contributed by atoms with Crippen LogP contribution in [-0.4, -0.2) is 81.2 Å². The summed E-state index contributed by atoms with van der Waals surface area (Å²) in [4.78, 5) is 69.4. The summed E-state index contributed by atoms with van der Waals surface area (Å²) in [5.41, 5.74) is 10.6. The third-order valence-electron chi connectivity index (χ3n) is 4.12. The van der Waals surface area contributed by atoms with Gasteiger partial charge in [0.2, 0.25) is 23.6 Å². The smallest absolute Gasteiger partial charge is 0.328 e. The first-order valence-corrected chi connectivity index (χ1v) is 9.33. The maximum absolute atomic E-state index is 12.4. The Labute approximate surface area is 177 Å². The predicted molar refractivity (Wildman–Crippen MR) is 104 cm³/mol. The van der Waals surface area contributed by atoms with Gasteiger partial charge in [-0.3, -0.25) is 24.0 Å². The Hall–Kier alpha value is -3.26. The number of hydrogen-bond donors (Lipinski definition) is 8. The minimum atomic E-state index is -1.66. The number of amides is 4. The molecule has 5 unspecified atom stereocenters. The fraction of sp³-hybridized carbons (Fsp3) is 0.647. The molecule has 4 amide bonds. The minimum Gasteiger partial charge on any atom is -0.481 e. The molecule has 0 heterocycles. The molecule has 14 nitrogen and oxygen atoms in total. The molecule has 31 heavy (non-hydrogen) atoms. The van der Waals surface area contributed by atoms with Gasteiger partial charge in [-0.25, -0.2) is 4.79 Å². The van der Waals surface area contributed by atoms with Crippen LogP contribution in [0.5, 0.6) is 0 Å². The van der Waals surface area contributed by atoms with Crippen LogP contribution in [0.15, 0.2) is 0 Å². The fourth-order valence-electron chi connectivity index (χ4n) is 2.29. The maximum Gasteiger partial charge on any atom is 0.328 e. The summed E-state index contributed by atoms with van der Waals surface area (Å²) in [6.07, 6.45) is -2.53. The monoisotopic (exact) mass is 447 g/mol. The number of carboxylic acid groups (broad SMARTS) is 2. The van der Waals surface area contributed by atoms with Crippen LogP contribution in [0.3, 0.4) is 0 Å². The van der Waals surface area contributed by atoms with Gasteiger partial charge in [0, 0.05) is 12.8 Å². The number of rotatable bonds is 14. The number of aliphatic hydroxyl groups is 1. The molecule has 10 N–H and O–H groups in total. The van der Waals surface area contributed by atoms with Gasteiger partial charge in [-0.1, -0.05) is 0 Å². The van der Waals surface area contributed by atoms with Gasteiger partial charge in [-0.05, 0) is 26.7 Å². The summed E-state index contributed by atoms with van der Waals surface area (Å²) in [7, 11) is 0. The lowest BCUT2D eigenvalue weighted by Gasteiger charge is -2.24. The molecule has 0 radical (unpaired) electrons. The van der Waals surface area contributed by atoms with Crippen molar-refractivity contribution in [3.8, 4) is 0 Å². The van der Waals surface area contributed by atoms with Crippen molar-refractivity contribution in [2.75, 3.05) is 0 Å². The Kier molecular flexibility index (Phi) is 11.7. The first-order valence-electron chi connectivity index (χ1n) is 9.33. The van der Waals surface area contributed by atoms with Gasteiger partial charge < -0.3 is 42.7 Å². The van der Waals surface area contributed by atoms with E-state index in [0.717, 1.165) is 6.92 Å². The van der Waals surface area contributed by atoms with Crippen molar-refractivity contribution in [2.24, 2.45) is 11.5 Å². The molecule has 0 aromatic carbocycles. The zero-order valence-corrected chi connectivity index (χ0v) is 17.2. The third kappa shape index (κ3) is 10.9. The van der Waals surface area contributed by atoms with E-state index in [0.29, 0.717) is 0 Å². The van der Waals surface area contributed by atoms with Gasteiger partial charge in [0.25, 0.3) is 0 Å². The summed E-state index contributed by atoms with van der Waals surface area (Å²) in [5.74, 6) is -6.06. The summed E-state index contributed by atoms with van der Waals surface area (Å²) in [6.45, 7) is 2.41. The van der Waals surface area contributed by atoms with E-state index in [1.165, 1.54) is 6.92 Å². The van der Waals surface area contributed by atoms with E-state index < -0.39 is 65.8 Å².